The number of rotatable bonds is 0. The van der Waals surface area contributed by atoms with Crippen LogP contribution in [0.1, 0.15) is 59.8 Å². The maximum Gasteiger partial charge on any atom is 0.0711 e. The van der Waals surface area contributed by atoms with Gasteiger partial charge in [0.15, 0.2) is 0 Å². The second-order valence-electron chi connectivity index (χ2n) is 7.97. The van der Waals surface area contributed by atoms with E-state index >= 15 is 0 Å². The molecule has 3 rings (SSSR count). The van der Waals surface area contributed by atoms with E-state index in [1.54, 1.807) is 0 Å². The smallest absolute Gasteiger partial charge is 0.0711 e. The second kappa shape index (κ2) is 2.85. The largest absolute Gasteiger partial charge is 0.389 e. The number of aliphatic hydroxyl groups is 1. The minimum atomic E-state index is -0.358. The highest BCUT2D eigenvalue weighted by atomic mass is 16.3. The Morgan fingerprint density at radius 1 is 1.06 bits per heavy atom. The third-order valence-corrected chi connectivity index (χ3v) is 6.16. The molecule has 0 spiro atoms. The van der Waals surface area contributed by atoms with Crippen molar-refractivity contribution >= 4 is 0 Å². The fourth-order valence-electron chi connectivity index (χ4n) is 5.17. The summed E-state index contributed by atoms with van der Waals surface area (Å²) >= 11 is 0. The van der Waals surface area contributed by atoms with Gasteiger partial charge in [-0.25, -0.2) is 0 Å². The number of hydrogen-bond acceptors (Lipinski definition) is 1. The van der Waals surface area contributed by atoms with Crippen molar-refractivity contribution in [3.05, 3.63) is 0 Å². The van der Waals surface area contributed by atoms with Gasteiger partial charge < -0.3 is 5.11 Å². The maximum absolute atomic E-state index is 11.2. The zero-order valence-electron chi connectivity index (χ0n) is 11.2. The van der Waals surface area contributed by atoms with Crippen LogP contribution in [0.4, 0.5) is 0 Å². The van der Waals surface area contributed by atoms with E-state index in [4.69, 9.17) is 0 Å². The van der Waals surface area contributed by atoms with Gasteiger partial charge in [0, 0.05) is 0 Å². The molecule has 92 valence electrons. The molecule has 0 aromatic rings. The van der Waals surface area contributed by atoms with Gasteiger partial charge in [0.05, 0.1) is 5.60 Å². The molecule has 0 radical (unpaired) electrons. The molecule has 0 aromatic carbocycles. The van der Waals surface area contributed by atoms with Crippen molar-refractivity contribution in [1.82, 2.24) is 0 Å². The number of hydrogen-bond donors (Lipinski definition) is 1. The summed E-state index contributed by atoms with van der Waals surface area (Å²) < 4.78 is 0. The summed E-state index contributed by atoms with van der Waals surface area (Å²) in [5.74, 6) is 1.99. The van der Waals surface area contributed by atoms with Gasteiger partial charge in [0.25, 0.3) is 0 Å². The molecule has 3 fully saturated rings. The van der Waals surface area contributed by atoms with Crippen LogP contribution in [0.3, 0.4) is 0 Å². The van der Waals surface area contributed by atoms with Crippen molar-refractivity contribution < 1.29 is 5.11 Å². The molecule has 5 atom stereocenters. The van der Waals surface area contributed by atoms with Crippen LogP contribution in [-0.2, 0) is 0 Å². The summed E-state index contributed by atoms with van der Waals surface area (Å²) in [6.07, 6.45) is 6.23. The van der Waals surface area contributed by atoms with Crippen LogP contribution in [0, 0.1) is 28.6 Å². The van der Waals surface area contributed by atoms with E-state index < -0.39 is 0 Å². The Kier molecular flexibility index (Phi) is 1.98. The highest BCUT2D eigenvalue weighted by molar-refractivity contribution is 5.16. The van der Waals surface area contributed by atoms with Crippen molar-refractivity contribution in [3.63, 3.8) is 0 Å². The topological polar surface area (TPSA) is 20.2 Å². The lowest BCUT2D eigenvalue weighted by molar-refractivity contribution is -0.0747. The summed E-state index contributed by atoms with van der Waals surface area (Å²) in [5.41, 5.74) is 0.460. The Labute approximate surface area is 99.6 Å². The Bertz CT molecular complexity index is 321. The van der Waals surface area contributed by atoms with E-state index in [1.165, 1.54) is 25.7 Å². The molecule has 0 saturated heterocycles. The van der Waals surface area contributed by atoms with Gasteiger partial charge in [-0.15, -0.1) is 0 Å². The van der Waals surface area contributed by atoms with Crippen molar-refractivity contribution in [3.8, 4) is 0 Å². The van der Waals surface area contributed by atoms with Gasteiger partial charge in [0.1, 0.15) is 0 Å². The molecule has 16 heavy (non-hydrogen) atoms. The first-order chi connectivity index (χ1) is 7.28. The molecule has 0 heterocycles. The first-order valence-corrected chi connectivity index (χ1v) is 7.00. The Morgan fingerprint density at radius 3 is 2.44 bits per heavy atom. The lowest BCUT2D eigenvalue weighted by Gasteiger charge is -2.40. The molecule has 3 aliphatic rings. The molecule has 1 heteroatoms. The Hall–Kier alpha value is -0.0400. The molecular weight excluding hydrogens is 196 g/mol. The third-order valence-electron chi connectivity index (χ3n) is 6.16. The quantitative estimate of drug-likeness (QED) is 0.664. The van der Waals surface area contributed by atoms with Gasteiger partial charge in [-0.05, 0) is 60.7 Å². The zero-order chi connectivity index (χ0) is 11.8. The van der Waals surface area contributed by atoms with Gasteiger partial charge in [-0.2, -0.15) is 0 Å². The van der Waals surface area contributed by atoms with E-state index in [0.29, 0.717) is 22.7 Å². The summed E-state index contributed by atoms with van der Waals surface area (Å²) in [6, 6.07) is 0. The van der Waals surface area contributed by atoms with Crippen LogP contribution in [0.5, 0.6) is 0 Å². The normalized spacial score (nSPS) is 58.7. The molecule has 0 bridgehead atoms. The molecule has 3 aliphatic carbocycles. The van der Waals surface area contributed by atoms with E-state index in [9.17, 15) is 5.11 Å². The van der Waals surface area contributed by atoms with Gasteiger partial charge >= 0.3 is 0 Å². The van der Waals surface area contributed by atoms with E-state index in [2.05, 4.69) is 27.7 Å². The summed E-state index contributed by atoms with van der Waals surface area (Å²) in [4.78, 5) is 0. The monoisotopic (exact) mass is 222 g/mol. The molecular formula is C15H26O. The third kappa shape index (κ3) is 1.27. The van der Waals surface area contributed by atoms with Gasteiger partial charge in [0.2, 0.25) is 0 Å². The average molecular weight is 222 g/mol. The lowest BCUT2D eigenvalue weighted by atomic mass is 9.70. The summed E-state index contributed by atoms with van der Waals surface area (Å²) in [6.45, 7) is 9.42. The van der Waals surface area contributed by atoms with Crippen molar-refractivity contribution in [2.45, 2.75) is 65.4 Å². The molecule has 1 N–H and O–H groups in total. The fraction of sp³-hybridized carbons (Fsp3) is 1.00. The molecule has 0 amide bonds. The molecule has 3 saturated carbocycles. The van der Waals surface area contributed by atoms with E-state index in [-0.39, 0.29) is 5.60 Å². The SMILES string of the molecule is C[C@H]1CCC2[C@]1(O)CC(C)(C)C[C@@H]1C[C@]21C. The summed E-state index contributed by atoms with van der Waals surface area (Å²) in [7, 11) is 0. The lowest BCUT2D eigenvalue weighted by Crippen LogP contribution is -2.44. The minimum Gasteiger partial charge on any atom is -0.389 e. The fourth-order valence-corrected chi connectivity index (χ4v) is 5.17. The predicted molar refractivity (Wildman–Crippen MR) is 66.1 cm³/mol. The average Bonchev–Trinajstić information content (AvgIpc) is 2.64. The molecule has 0 aliphatic heterocycles. The molecule has 1 nitrogen and oxygen atoms in total. The first kappa shape index (κ1) is 11.1. The number of fused-ring (bicyclic) bond motifs is 3. The van der Waals surface area contributed by atoms with Gasteiger partial charge in [-0.3, -0.25) is 0 Å². The Balaban J connectivity index is 2.01. The van der Waals surface area contributed by atoms with Crippen molar-refractivity contribution in [2.24, 2.45) is 28.6 Å². The highest BCUT2D eigenvalue weighted by Gasteiger charge is 2.67. The van der Waals surface area contributed by atoms with Crippen LogP contribution >= 0.6 is 0 Å². The van der Waals surface area contributed by atoms with Crippen LogP contribution < -0.4 is 0 Å². The van der Waals surface area contributed by atoms with Gasteiger partial charge in [-0.1, -0.05) is 27.7 Å². The summed E-state index contributed by atoms with van der Waals surface area (Å²) in [5, 5.41) is 11.2. The van der Waals surface area contributed by atoms with Crippen LogP contribution in [0.25, 0.3) is 0 Å². The van der Waals surface area contributed by atoms with Crippen LogP contribution in [-0.4, -0.2) is 10.7 Å². The Morgan fingerprint density at radius 2 is 1.75 bits per heavy atom. The second-order valence-corrected chi connectivity index (χ2v) is 7.97. The highest BCUT2D eigenvalue weighted by Crippen LogP contribution is 2.71. The first-order valence-electron chi connectivity index (χ1n) is 7.00. The predicted octanol–water partition coefficient (Wildman–Crippen LogP) is 3.61. The molecule has 0 aromatic heterocycles. The van der Waals surface area contributed by atoms with E-state index in [1.807, 2.05) is 0 Å². The molecule has 1 unspecified atom stereocenters. The van der Waals surface area contributed by atoms with Crippen LogP contribution in [0.2, 0.25) is 0 Å². The standard InChI is InChI=1S/C15H26O/c1-10-5-6-12-14(4)8-11(14)7-13(2,3)9-15(10,12)16/h10-12,16H,5-9H2,1-4H3/t10-,11+,12?,14-,15-/m0/s1. The van der Waals surface area contributed by atoms with Crippen molar-refractivity contribution in [2.75, 3.05) is 0 Å². The van der Waals surface area contributed by atoms with Crippen LogP contribution in [0.15, 0.2) is 0 Å². The maximum atomic E-state index is 11.2. The van der Waals surface area contributed by atoms with E-state index in [0.717, 1.165) is 12.3 Å². The van der Waals surface area contributed by atoms with Crippen molar-refractivity contribution in [1.29, 1.82) is 0 Å². The zero-order valence-corrected chi connectivity index (χ0v) is 11.2. The minimum absolute atomic E-state index is 0.338.